The van der Waals surface area contributed by atoms with E-state index in [4.69, 9.17) is 10.8 Å². The van der Waals surface area contributed by atoms with E-state index in [0.717, 1.165) is 12.8 Å². The molecule has 1 aromatic rings. The first-order chi connectivity index (χ1) is 8.99. The molecule has 3 amide bonds. The van der Waals surface area contributed by atoms with Gasteiger partial charge in [-0.2, -0.15) is 0 Å². The highest BCUT2D eigenvalue weighted by Gasteiger charge is 2.33. The van der Waals surface area contributed by atoms with Crippen LogP contribution in [-0.4, -0.2) is 38.0 Å². The molecule has 9 heteroatoms. The number of nitrogens with one attached hydrogen (secondary N) is 1. The molecule has 102 valence electrons. The maximum atomic E-state index is 11.3. The molecule has 0 bridgehead atoms. The monoisotopic (exact) mass is 267 g/mol. The van der Waals surface area contributed by atoms with Crippen LogP contribution in [-0.2, 0) is 11.3 Å². The molecule has 1 heterocycles. The fourth-order valence-corrected chi connectivity index (χ4v) is 1.81. The molecule has 19 heavy (non-hydrogen) atoms. The summed E-state index contributed by atoms with van der Waals surface area (Å²) < 4.78 is 1.40. The second kappa shape index (κ2) is 5.04. The van der Waals surface area contributed by atoms with E-state index in [2.05, 4.69) is 10.3 Å². The number of nitrogens with zero attached hydrogens (tertiary/aromatic N) is 3. The molecule has 1 aliphatic rings. The van der Waals surface area contributed by atoms with Gasteiger partial charge in [-0.3, -0.25) is 10.1 Å². The number of aryl methyl sites for hydroxylation is 1. The van der Waals surface area contributed by atoms with E-state index in [1.54, 1.807) is 0 Å². The van der Waals surface area contributed by atoms with Crippen LogP contribution in [0.5, 0.6) is 0 Å². The Kier molecular flexibility index (Phi) is 3.45. The molecule has 2 rings (SSSR count). The summed E-state index contributed by atoms with van der Waals surface area (Å²) in [7, 11) is 0. The highest BCUT2D eigenvalue weighted by Crippen LogP contribution is 2.41. The summed E-state index contributed by atoms with van der Waals surface area (Å²) >= 11 is 0. The number of carboxylic acid groups (broad SMARTS) is 1. The number of hydrogen-bond acceptors (Lipinski definition) is 5. The average Bonchev–Trinajstić information content (AvgIpc) is 3.05. The van der Waals surface area contributed by atoms with Gasteiger partial charge in [0, 0.05) is 12.3 Å². The van der Waals surface area contributed by atoms with Crippen molar-refractivity contribution in [2.75, 3.05) is 0 Å². The second-order valence-corrected chi connectivity index (χ2v) is 4.29. The summed E-state index contributed by atoms with van der Waals surface area (Å²) in [4.78, 5) is 32.7. The van der Waals surface area contributed by atoms with Crippen LogP contribution in [0, 0.1) is 0 Å². The van der Waals surface area contributed by atoms with E-state index < -0.39 is 17.9 Å². The minimum atomic E-state index is -1.13. The number of nitrogens with two attached hydrogens (primary N) is 1. The van der Waals surface area contributed by atoms with Gasteiger partial charge in [0.25, 0.3) is 0 Å². The van der Waals surface area contributed by atoms with Gasteiger partial charge in [0.1, 0.15) is 0 Å². The summed E-state index contributed by atoms with van der Waals surface area (Å²) in [6.45, 7) is 0.158. The van der Waals surface area contributed by atoms with Crippen LogP contribution in [0.3, 0.4) is 0 Å². The molecule has 0 saturated heterocycles. The number of amides is 3. The van der Waals surface area contributed by atoms with Crippen LogP contribution < -0.4 is 11.1 Å². The van der Waals surface area contributed by atoms with E-state index in [-0.39, 0.29) is 24.6 Å². The van der Waals surface area contributed by atoms with Gasteiger partial charge >= 0.3 is 12.0 Å². The normalized spacial score (nSPS) is 14.1. The van der Waals surface area contributed by atoms with Crippen LogP contribution in [0.1, 0.15) is 41.4 Å². The minimum absolute atomic E-state index is 0.0227. The molecule has 0 spiro atoms. The van der Waals surface area contributed by atoms with Crippen molar-refractivity contribution in [3.05, 3.63) is 11.4 Å². The van der Waals surface area contributed by atoms with Crippen molar-refractivity contribution in [3.8, 4) is 0 Å². The van der Waals surface area contributed by atoms with Gasteiger partial charge in [-0.25, -0.2) is 14.3 Å². The smallest absolute Gasteiger partial charge is 0.358 e. The molecule has 0 atom stereocenters. The first kappa shape index (κ1) is 13.0. The fourth-order valence-electron chi connectivity index (χ4n) is 1.81. The molecule has 1 aliphatic carbocycles. The lowest BCUT2D eigenvalue weighted by Crippen LogP contribution is -2.35. The number of carbonyl (C=O) groups excluding carboxylic acids is 2. The molecular weight excluding hydrogens is 254 g/mol. The highest BCUT2D eigenvalue weighted by molar-refractivity contribution is 5.93. The lowest BCUT2D eigenvalue weighted by Gasteiger charge is -2.05. The van der Waals surface area contributed by atoms with Crippen molar-refractivity contribution in [3.63, 3.8) is 0 Å². The lowest BCUT2D eigenvalue weighted by molar-refractivity contribution is -0.120. The number of carbonyl (C=O) groups is 3. The molecule has 0 radical (unpaired) electrons. The van der Waals surface area contributed by atoms with E-state index in [1.807, 2.05) is 5.32 Å². The van der Waals surface area contributed by atoms with Gasteiger partial charge in [0.15, 0.2) is 5.69 Å². The lowest BCUT2D eigenvalue weighted by atomic mass is 10.2. The van der Waals surface area contributed by atoms with Crippen molar-refractivity contribution >= 4 is 17.9 Å². The third kappa shape index (κ3) is 3.06. The first-order valence-electron chi connectivity index (χ1n) is 5.75. The van der Waals surface area contributed by atoms with E-state index in [0.29, 0.717) is 5.69 Å². The van der Waals surface area contributed by atoms with Crippen LogP contribution >= 0.6 is 0 Å². The molecule has 1 aromatic heterocycles. The number of imide groups is 1. The predicted molar refractivity (Wildman–Crippen MR) is 61.3 cm³/mol. The van der Waals surface area contributed by atoms with Gasteiger partial charge < -0.3 is 10.8 Å². The van der Waals surface area contributed by atoms with Crippen molar-refractivity contribution in [1.82, 2.24) is 20.3 Å². The number of aromatic nitrogens is 3. The number of aromatic carboxylic acids is 1. The van der Waals surface area contributed by atoms with Crippen molar-refractivity contribution in [2.24, 2.45) is 5.73 Å². The van der Waals surface area contributed by atoms with E-state index >= 15 is 0 Å². The Balaban J connectivity index is 2.06. The Morgan fingerprint density at radius 3 is 2.63 bits per heavy atom. The molecule has 0 aliphatic heterocycles. The number of rotatable bonds is 5. The Bertz CT molecular complexity index is 534. The molecular formula is C10H13N5O4. The SMILES string of the molecule is NC(=O)NC(=O)CCn1nnc(C(=O)O)c1C1CC1. The Morgan fingerprint density at radius 2 is 2.11 bits per heavy atom. The Hall–Kier alpha value is -2.45. The summed E-state index contributed by atoms with van der Waals surface area (Å²) in [6, 6.07) is -0.919. The largest absolute Gasteiger partial charge is 0.476 e. The van der Waals surface area contributed by atoms with Crippen LogP contribution in [0.25, 0.3) is 0 Å². The predicted octanol–water partition coefficient (Wildman–Crippen LogP) is -0.561. The average molecular weight is 267 g/mol. The number of carboxylic acids is 1. The minimum Gasteiger partial charge on any atom is -0.476 e. The summed E-state index contributed by atoms with van der Waals surface area (Å²) in [5, 5.41) is 18.3. The molecule has 4 N–H and O–H groups in total. The molecule has 1 saturated carbocycles. The fraction of sp³-hybridized carbons (Fsp3) is 0.500. The molecule has 9 nitrogen and oxygen atoms in total. The molecule has 1 fully saturated rings. The topological polar surface area (TPSA) is 140 Å². The summed E-state index contributed by atoms with van der Waals surface area (Å²) in [5.41, 5.74) is 5.28. The van der Waals surface area contributed by atoms with Gasteiger partial charge in [-0.15, -0.1) is 5.10 Å². The standard InChI is InChI=1S/C10H13N5O4/c11-10(19)12-6(16)3-4-15-8(5-1-2-5)7(9(17)18)13-14-15/h5H,1-4H2,(H,17,18)(H3,11,12,16,19). The molecule has 0 aromatic carbocycles. The van der Waals surface area contributed by atoms with Crippen molar-refractivity contribution in [2.45, 2.75) is 31.7 Å². The van der Waals surface area contributed by atoms with Crippen molar-refractivity contribution in [1.29, 1.82) is 0 Å². The number of urea groups is 1. The maximum Gasteiger partial charge on any atom is 0.358 e. The summed E-state index contributed by atoms with van der Waals surface area (Å²) in [6.07, 6.45) is 1.76. The van der Waals surface area contributed by atoms with Crippen LogP contribution in [0.4, 0.5) is 4.79 Å². The Labute approximate surface area is 107 Å². The van der Waals surface area contributed by atoms with Gasteiger partial charge in [0.05, 0.1) is 12.2 Å². The highest BCUT2D eigenvalue weighted by atomic mass is 16.4. The first-order valence-corrected chi connectivity index (χ1v) is 5.75. The quantitative estimate of drug-likeness (QED) is 0.653. The van der Waals surface area contributed by atoms with Crippen LogP contribution in [0.2, 0.25) is 0 Å². The van der Waals surface area contributed by atoms with Crippen LogP contribution in [0.15, 0.2) is 0 Å². The number of hydrogen-bond donors (Lipinski definition) is 3. The molecule has 0 unspecified atom stereocenters. The van der Waals surface area contributed by atoms with Gasteiger partial charge in [-0.05, 0) is 12.8 Å². The van der Waals surface area contributed by atoms with Gasteiger partial charge in [-0.1, -0.05) is 5.21 Å². The number of primary amides is 1. The zero-order valence-electron chi connectivity index (χ0n) is 10.00. The second-order valence-electron chi connectivity index (χ2n) is 4.29. The summed E-state index contributed by atoms with van der Waals surface area (Å²) in [5.74, 6) is -1.53. The van der Waals surface area contributed by atoms with E-state index in [9.17, 15) is 14.4 Å². The Morgan fingerprint density at radius 1 is 1.42 bits per heavy atom. The maximum absolute atomic E-state index is 11.3. The third-order valence-corrected chi connectivity index (χ3v) is 2.75. The zero-order chi connectivity index (χ0) is 14.0. The zero-order valence-corrected chi connectivity index (χ0v) is 10.00. The third-order valence-electron chi connectivity index (χ3n) is 2.75. The van der Waals surface area contributed by atoms with E-state index in [1.165, 1.54) is 4.68 Å². The van der Waals surface area contributed by atoms with Crippen molar-refractivity contribution < 1.29 is 19.5 Å². The van der Waals surface area contributed by atoms with Gasteiger partial charge in [0.2, 0.25) is 5.91 Å².